The molecule has 0 fully saturated rings. The molecule has 3 rings (SSSR count). The second-order valence-corrected chi connectivity index (χ2v) is 5.94. The predicted octanol–water partition coefficient (Wildman–Crippen LogP) is 2.88. The molecule has 2 aromatic carbocycles. The number of H-pyrrole nitrogens is 1. The van der Waals surface area contributed by atoms with E-state index in [1.54, 1.807) is 7.11 Å². The molecule has 1 aromatic heterocycles. The molecule has 0 saturated carbocycles. The summed E-state index contributed by atoms with van der Waals surface area (Å²) in [5.41, 5.74) is 3.28. The van der Waals surface area contributed by atoms with Gasteiger partial charge in [-0.3, -0.25) is 5.10 Å². The lowest BCUT2D eigenvalue weighted by Crippen LogP contribution is -1.99. The zero-order chi connectivity index (χ0) is 17.5. The van der Waals surface area contributed by atoms with Gasteiger partial charge in [-0.2, -0.15) is 5.10 Å². The number of methoxy groups -OCH3 is 1. The monoisotopic (exact) mass is 337 g/mol. The Kier molecular flexibility index (Phi) is 5.80. The van der Waals surface area contributed by atoms with Crippen LogP contribution in [0.2, 0.25) is 0 Å². The molecular weight excluding hydrogens is 314 g/mol. The number of nitrogens with zero attached hydrogens (tertiary/aromatic N) is 2. The molecule has 0 aliphatic rings. The van der Waals surface area contributed by atoms with Crippen LogP contribution in [-0.2, 0) is 32.3 Å². The molecule has 0 aliphatic carbocycles. The molecule has 0 saturated heterocycles. The number of hydrogen-bond donors (Lipinski definition) is 2. The fourth-order valence-corrected chi connectivity index (χ4v) is 2.92. The lowest BCUT2D eigenvalue weighted by atomic mass is 10.0. The smallest absolute Gasteiger partial charge is 0.151 e. The summed E-state index contributed by atoms with van der Waals surface area (Å²) < 4.78 is 5.38. The molecule has 2 N–H and O–H groups in total. The van der Waals surface area contributed by atoms with Crippen molar-refractivity contribution in [3.63, 3.8) is 0 Å². The number of para-hydroxylation sites is 1. The molecule has 0 radical (unpaired) electrons. The minimum Gasteiger partial charge on any atom is -0.496 e. The van der Waals surface area contributed by atoms with Gasteiger partial charge in [0.25, 0.3) is 0 Å². The fraction of sp³-hybridized carbons (Fsp3) is 0.300. The van der Waals surface area contributed by atoms with E-state index >= 15 is 0 Å². The van der Waals surface area contributed by atoms with E-state index in [0.29, 0.717) is 0 Å². The number of hydrogen-bond acceptors (Lipinski definition) is 4. The van der Waals surface area contributed by atoms with Crippen LogP contribution in [0.4, 0.5) is 0 Å². The van der Waals surface area contributed by atoms with Crippen LogP contribution in [0.1, 0.15) is 28.3 Å². The van der Waals surface area contributed by atoms with Crippen LogP contribution in [0.25, 0.3) is 0 Å². The largest absolute Gasteiger partial charge is 0.496 e. The summed E-state index contributed by atoms with van der Waals surface area (Å²) in [7, 11) is 1.69. The van der Waals surface area contributed by atoms with Gasteiger partial charge in [-0.1, -0.05) is 42.5 Å². The van der Waals surface area contributed by atoms with E-state index in [2.05, 4.69) is 21.2 Å². The van der Waals surface area contributed by atoms with Crippen molar-refractivity contribution >= 4 is 0 Å². The van der Waals surface area contributed by atoms with E-state index in [1.807, 2.05) is 42.5 Å². The normalized spacial score (nSPS) is 10.8. The quantitative estimate of drug-likeness (QED) is 0.663. The summed E-state index contributed by atoms with van der Waals surface area (Å²) in [6.45, 7) is 0.0662. The summed E-state index contributed by atoms with van der Waals surface area (Å²) >= 11 is 0. The molecule has 3 aromatic rings. The van der Waals surface area contributed by atoms with E-state index < -0.39 is 0 Å². The highest BCUT2D eigenvalue weighted by Gasteiger charge is 2.08. The van der Waals surface area contributed by atoms with Crippen molar-refractivity contribution in [1.29, 1.82) is 0 Å². The van der Waals surface area contributed by atoms with Gasteiger partial charge < -0.3 is 9.84 Å². The highest BCUT2D eigenvalue weighted by molar-refractivity contribution is 5.33. The molecular formula is C20H23N3O2. The van der Waals surface area contributed by atoms with Gasteiger partial charge in [0.1, 0.15) is 11.6 Å². The van der Waals surface area contributed by atoms with Gasteiger partial charge in [-0.05, 0) is 35.6 Å². The number of rotatable bonds is 8. The molecule has 0 aliphatic heterocycles. The summed E-state index contributed by atoms with van der Waals surface area (Å²) in [6.07, 6.45) is 3.22. The minimum atomic E-state index is 0.0662. The fourth-order valence-electron chi connectivity index (χ4n) is 2.92. The molecule has 25 heavy (non-hydrogen) atoms. The predicted molar refractivity (Wildman–Crippen MR) is 96.6 cm³/mol. The SMILES string of the molecule is COc1ccccc1CCc1n[nH]c(CCc2ccccc2CO)n1. The van der Waals surface area contributed by atoms with Gasteiger partial charge in [-0.15, -0.1) is 0 Å². The van der Waals surface area contributed by atoms with Gasteiger partial charge >= 0.3 is 0 Å². The molecule has 130 valence electrons. The van der Waals surface area contributed by atoms with Crippen LogP contribution in [0.5, 0.6) is 5.75 Å². The van der Waals surface area contributed by atoms with Crippen molar-refractivity contribution < 1.29 is 9.84 Å². The highest BCUT2D eigenvalue weighted by atomic mass is 16.5. The number of ether oxygens (including phenoxy) is 1. The van der Waals surface area contributed by atoms with Crippen molar-refractivity contribution in [2.45, 2.75) is 32.3 Å². The number of aromatic nitrogens is 3. The third kappa shape index (κ3) is 4.45. The Hall–Kier alpha value is -2.66. The molecule has 5 heteroatoms. The zero-order valence-electron chi connectivity index (χ0n) is 14.4. The van der Waals surface area contributed by atoms with Crippen LogP contribution in [0.15, 0.2) is 48.5 Å². The maximum atomic E-state index is 9.39. The summed E-state index contributed by atoms with van der Waals surface area (Å²) in [6, 6.07) is 16.0. The van der Waals surface area contributed by atoms with Crippen molar-refractivity contribution in [3.05, 3.63) is 76.9 Å². The number of benzene rings is 2. The maximum Gasteiger partial charge on any atom is 0.151 e. The van der Waals surface area contributed by atoms with Crippen LogP contribution in [0.3, 0.4) is 0 Å². The number of aromatic amines is 1. The molecule has 5 nitrogen and oxygen atoms in total. The van der Waals surface area contributed by atoms with E-state index in [4.69, 9.17) is 4.74 Å². The Morgan fingerprint density at radius 3 is 2.32 bits per heavy atom. The van der Waals surface area contributed by atoms with E-state index in [9.17, 15) is 5.11 Å². The number of aliphatic hydroxyl groups is 1. The van der Waals surface area contributed by atoms with Crippen molar-refractivity contribution in [2.24, 2.45) is 0 Å². The number of aryl methyl sites for hydroxylation is 4. The summed E-state index contributed by atoms with van der Waals surface area (Å²) in [4.78, 5) is 4.58. The van der Waals surface area contributed by atoms with Gasteiger partial charge in [0.05, 0.1) is 13.7 Å². The third-order valence-electron chi connectivity index (χ3n) is 4.31. The van der Waals surface area contributed by atoms with Crippen LogP contribution < -0.4 is 4.74 Å². The van der Waals surface area contributed by atoms with Crippen LogP contribution in [0, 0.1) is 0 Å². The molecule has 0 amide bonds. The Morgan fingerprint density at radius 1 is 0.880 bits per heavy atom. The average molecular weight is 337 g/mol. The van der Waals surface area contributed by atoms with Crippen molar-refractivity contribution in [2.75, 3.05) is 7.11 Å². The Labute approximate surface area is 147 Å². The molecule has 0 atom stereocenters. The lowest BCUT2D eigenvalue weighted by molar-refractivity contribution is 0.280. The van der Waals surface area contributed by atoms with E-state index in [0.717, 1.165) is 59.8 Å². The van der Waals surface area contributed by atoms with Crippen LogP contribution >= 0.6 is 0 Å². The Morgan fingerprint density at radius 2 is 1.56 bits per heavy atom. The van der Waals surface area contributed by atoms with Gasteiger partial charge in [0.2, 0.25) is 0 Å². The Bertz CT molecular complexity index is 748. The first kappa shape index (κ1) is 17.2. The Balaban J connectivity index is 1.57. The first-order valence-corrected chi connectivity index (χ1v) is 8.50. The third-order valence-corrected chi connectivity index (χ3v) is 4.31. The first-order valence-electron chi connectivity index (χ1n) is 8.50. The minimum absolute atomic E-state index is 0.0662. The molecule has 1 heterocycles. The summed E-state index contributed by atoms with van der Waals surface area (Å²) in [5, 5.41) is 16.7. The van der Waals surface area contributed by atoms with Gasteiger partial charge in [0.15, 0.2) is 5.82 Å². The second kappa shape index (κ2) is 8.44. The zero-order valence-corrected chi connectivity index (χ0v) is 14.4. The molecule has 0 spiro atoms. The average Bonchev–Trinajstić information content (AvgIpc) is 3.13. The molecule has 0 bridgehead atoms. The van der Waals surface area contributed by atoms with E-state index in [-0.39, 0.29) is 6.61 Å². The van der Waals surface area contributed by atoms with Gasteiger partial charge in [-0.25, -0.2) is 4.98 Å². The van der Waals surface area contributed by atoms with Crippen molar-refractivity contribution in [3.8, 4) is 5.75 Å². The van der Waals surface area contributed by atoms with Gasteiger partial charge in [0, 0.05) is 12.8 Å². The van der Waals surface area contributed by atoms with E-state index in [1.165, 1.54) is 0 Å². The topological polar surface area (TPSA) is 71.0 Å². The summed E-state index contributed by atoms with van der Waals surface area (Å²) in [5.74, 6) is 2.60. The highest BCUT2D eigenvalue weighted by Crippen LogP contribution is 2.19. The lowest BCUT2D eigenvalue weighted by Gasteiger charge is -2.06. The van der Waals surface area contributed by atoms with Crippen LogP contribution in [-0.4, -0.2) is 27.4 Å². The maximum absolute atomic E-state index is 9.39. The second-order valence-electron chi connectivity index (χ2n) is 5.94. The number of aliphatic hydroxyl groups excluding tert-OH is 1. The first-order chi connectivity index (χ1) is 12.3. The molecule has 0 unspecified atom stereocenters. The standard InChI is InChI=1S/C20H23N3O2/c1-25-18-9-5-4-7-16(18)11-13-20-21-19(22-23-20)12-10-15-6-2-3-8-17(15)14-24/h2-9,24H,10-14H2,1H3,(H,21,22,23). The van der Waals surface area contributed by atoms with Crippen molar-refractivity contribution in [1.82, 2.24) is 15.2 Å². The number of nitrogens with one attached hydrogen (secondary N) is 1.